The summed E-state index contributed by atoms with van der Waals surface area (Å²) < 4.78 is 0. The standard InChI is InChI=1S/C13H19ClN2/c1-2-11-4-3-7-16(9-11)10-12-5-6-15-13(14)8-12/h5-6,8,11H,2-4,7,9-10H2,1H3. The van der Waals surface area contributed by atoms with Gasteiger partial charge < -0.3 is 0 Å². The molecule has 0 aliphatic carbocycles. The molecule has 1 aliphatic heterocycles. The Bertz CT molecular complexity index is 340. The zero-order valence-corrected chi connectivity index (χ0v) is 10.6. The summed E-state index contributed by atoms with van der Waals surface area (Å²) in [5.74, 6) is 0.881. The zero-order valence-electron chi connectivity index (χ0n) is 9.82. The average molecular weight is 239 g/mol. The molecule has 0 N–H and O–H groups in total. The molecule has 1 aromatic rings. The molecule has 1 fully saturated rings. The summed E-state index contributed by atoms with van der Waals surface area (Å²) in [6.07, 6.45) is 5.81. The van der Waals surface area contributed by atoms with Crippen molar-refractivity contribution in [1.82, 2.24) is 9.88 Å². The number of hydrogen-bond donors (Lipinski definition) is 0. The van der Waals surface area contributed by atoms with Crippen molar-refractivity contribution < 1.29 is 0 Å². The van der Waals surface area contributed by atoms with Gasteiger partial charge in [0.2, 0.25) is 0 Å². The van der Waals surface area contributed by atoms with Crippen LogP contribution in [0.5, 0.6) is 0 Å². The highest BCUT2D eigenvalue weighted by Crippen LogP contribution is 2.21. The number of halogens is 1. The van der Waals surface area contributed by atoms with E-state index < -0.39 is 0 Å². The number of likely N-dealkylation sites (tertiary alicyclic amines) is 1. The Balaban J connectivity index is 1.94. The molecule has 1 saturated heterocycles. The van der Waals surface area contributed by atoms with Crippen molar-refractivity contribution >= 4 is 11.6 Å². The van der Waals surface area contributed by atoms with Crippen molar-refractivity contribution in [2.24, 2.45) is 5.92 Å². The normalized spacial score (nSPS) is 22.2. The van der Waals surface area contributed by atoms with Crippen LogP contribution in [0.2, 0.25) is 5.15 Å². The Morgan fingerprint density at radius 1 is 1.56 bits per heavy atom. The molecule has 1 atom stereocenters. The Morgan fingerprint density at radius 2 is 2.44 bits per heavy atom. The Hall–Kier alpha value is -0.600. The van der Waals surface area contributed by atoms with Crippen molar-refractivity contribution in [3.63, 3.8) is 0 Å². The largest absolute Gasteiger partial charge is 0.299 e. The van der Waals surface area contributed by atoms with E-state index in [2.05, 4.69) is 22.9 Å². The molecule has 0 saturated carbocycles. The second kappa shape index (κ2) is 5.65. The van der Waals surface area contributed by atoms with Crippen LogP contribution >= 0.6 is 11.6 Å². The zero-order chi connectivity index (χ0) is 11.4. The van der Waals surface area contributed by atoms with Crippen LogP contribution in [0.15, 0.2) is 18.3 Å². The smallest absolute Gasteiger partial charge is 0.129 e. The van der Waals surface area contributed by atoms with E-state index in [9.17, 15) is 0 Å². The van der Waals surface area contributed by atoms with Crippen molar-refractivity contribution in [1.29, 1.82) is 0 Å². The van der Waals surface area contributed by atoms with E-state index in [0.29, 0.717) is 5.15 Å². The predicted octanol–water partition coefficient (Wildman–Crippen LogP) is 3.36. The van der Waals surface area contributed by atoms with Gasteiger partial charge in [-0.05, 0) is 43.0 Å². The summed E-state index contributed by atoms with van der Waals surface area (Å²) in [7, 11) is 0. The molecule has 0 spiro atoms. The van der Waals surface area contributed by atoms with Gasteiger partial charge in [0, 0.05) is 19.3 Å². The minimum atomic E-state index is 0.599. The first-order chi connectivity index (χ1) is 7.78. The highest BCUT2D eigenvalue weighted by molar-refractivity contribution is 6.29. The topological polar surface area (TPSA) is 16.1 Å². The van der Waals surface area contributed by atoms with Gasteiger partial charge in [0.05, 0.1) is 0 Å². The third kappa shape index (κ3) is 3.19. The van der Waals surface area contributed by atoms with E-state index in [-0.39, 0.29) is 0 Å². The van der Waals surface area contributed by atoms with Crippen molar-refractivity contribution in [3.05, 3.63) is 29.0 Å². The van der Waals surface area contributed by atoms with Crippen LogP contribution < -0.4 is 0 Å². The van der Waals surface area contributed by atoms with E-state index in [1.54, 1.807) is 6.20 Å². The Morgan fingerprint density at radius 3 is 3.19 bits per heavy atom. The van der Waals surface area contributed by atoms with Gasteiger partial charge in [0.15, 0.2) is 0 Å². The second-order valence-electron chi connectivity index (χ2n) is 4.64. The number of pyridine rings is 1. The van der Waals surface area contributed by atoms with Gasteiger partial charge >= 0.3 is 0 Å². The summed E-state index contributed by atoms with van der Waals surface area (Å²) in [6.45, 7) is 5.75. The Labute approximate surface area is 103 Å². The molecule has 16 heavy (non-hydrogen) atoms. The number of rotatable bonds is 3. The highest BCUT2D eigenvalue weighted by Gasteiger charge is 2.18. The Kier molecular flexibility index (Phi) is 4.19. The first kappa shape index (κ1) is 11.9. The molecule has 88 valence electrons. The molecular weight excluding hydrogens is 220 g/mol. The molecule has 2 heterocycles. The van der Waals surface area contributed by atoms with Gasteiger partial charge in [-0.3, -0.25) is 4.90 Å². The van der Waals surface area contributed by atoms with Gasteiger partial charge in [-0.25, -0.2) is 4.98 Å². The molecule has 0 amide bonds. The van der Waals surface area contributed by atoms with Crippen LogP contribution in [0, 0.1) is 5.92 Å². The molecule has 2 rings (SSSR count). The molecule has 2 nitrogen and oxygen atoms in total. The van der Waals surface area contributed by atoms with Crippen LogP contribution in [0.1, 0.15) is 31.7 Å². The van der Waals surface area contributed by atoms with Crippen molar-refractivity contribution in [3.8, 4) is 0 Å². The molecule has 3 heteroatoms. The van der Waals surface area contributed by atoms with Crippen LogP contribution in [0.25, 0.3) is 0 Å². The fourth-order valence-corrected chi connectivity index (χ4v) is 2.62. The van der Waals surface area contributed by atoms with Crippen LogP contribution in [-0.4, -0.2) is 23.0 Å². The van der Waals surface area contributed by atoms with Gasteiger partial charge in [0.1, 0.15) is 5.15 Å². The summed E-state index contributed by atoms with van der Waals surface area (Å²) in [6, 6.07) is 4.03. The molecule has 1 unspecified atom stereocenters. The van der Waals surface area contributed by atoms with Crippen LogP contribution in [0.3, 0.4) is 0 Å². The van der Waals surface area contributed by atoms with Crippen molar-refractivity contribution in [2.45, 2.75) is 32.7 Å². The lowest BCUT2D eigenvalue weighted by atomic mass is 9.95. The van der Waals surface area contributed by atoms with Crippen LogP contribution in [-0.2, 0) is 6.54 Å². The van der Waals surface area contributed by atoms with Crippen molar-refractivity contribution in [2.75, 3.05) is 13.1 Å². The second-order valence-corrected chi connectivity index (χ2v) is 5.03. The summed E-state index contributed by atoms with van der Waals surface area (Å²) >= 11 is 5.89. The maximum absolute atomic E-state index is 5.89. The first-order valence-corrected chi connectivity index (χ1v) is 6.48. The minimum Gasteiger partial charge on any atom is -0.299 e. The third-order valence-electron chi connectivity index (χ3n) is 3.38. The summed E-state index contributed by atoms with van der Waals surface area (Å²) in [5.41, 5.74) is 1.27. The van der Waals surface area contributed by atoms with E-state index in [1.165, 1.54) is 37.9 Å². The maximum atomic E-state index is 5.89. The quantitative estimate of drug-likeness (QED) is 0.751. The summed E-state index contributed by atoms with van der Waals surface area (Å²) in [5, 5.41) is 0.599. The fraction of sp³-hybridized carbons (Fsp3) is 0.615. The molecule has 0 aromatic carbocycles. The van der Waals surface area contributed by atoms with E-state index in [4.69, 9.17) is 11.6 Å². The molecule has 0 bridgehead atoms. The first-order valence-electron chi connectivity index (χ1n) is 6.10. The average Bonchev–Trinajstić information content (AvgIpc) is 2.29. The summed E-state index contributed by atoms with van der Waals surface area (Å²) in [4.78, 5) is 6.54. The molecule has 1 aliphatic rings. The predicted molar refractivity (Wildman–Crippen MR) is 67.5 cm³/mol. The van der Waals surface area contributed by atoms with Gasteiger partial charge in [-0.2, -0.15) is 0 Å². The minimum absolute atomic E-state index is 0.599. The van der Waals surface area contributed by atoms with Gasteiger partial charge in [0.25, 0.3) is 0 Å². The highest BCUT2D eigenvalue weighted by atomic mass is 35.5. The van der Waals surface area contributed by atoms with Gasteiger partial charge in [-0.15, -0.1) is 0 Å². The van der Waals surface area contributed by atoms with E-state index >= 15 is 0 Å². The maximum Gasteiger partial charge on any atom is 0.129 e. The SMILES string of the molecule is CCC1CCCN(Cc2ccnc(Cl)c2)C1. The number of hydrogen-bond acceptors (Lipinski definition) is 2. The van der Waals surface area contributed by atoms with Gasteiger partial charge in [-0.1, -0.05) is 24.9 Å². The number of nitrogens with zero attached hydrogens (tertiary/aromatic N) is 2. The lowest BCUT2D eigenvalue weighted by Gasteiger charge is -2.32. The van der Waals surface area contributed by atoms with E-state index in [0.717, 1.165) is 12.5 Å². The fourth-order valence-electron chi connectivity index (χ4n) is 2.43. The van der Waals surface area contributed by atoms with E-state index in [1.807, 2.05) is 6.07 Å². The molecular formula is C13H19ClN2. The van der Waals surface area contributed by atoms with Crippen LogP contribution in [0.4, 0.5) is 0 Å². The lowest BCUT2D eigenvalue weighted by molar-refractivity contribution is 0.164. The number of aromatic nitrogens is 1. The third-order valence-corrected chi connectivity index (χ3v) is 3.58. The molecule has 0 radical (unpaired) electrons. The lowest BCUT2D eigenvalue weighted by Crippen LogP contribution is -2.34. The number of piperidine rings is 1. The monoisotopic (exact) mass is 238 g/mol. The molecule has 1 aromatic heterocycles.